The Hall–Kier alpha value is -1.00. The minimum atomic E-state index is 0.533. The van der Waals surface area contributed by atoms with Crippen LogP contribution in [0.2, 0.25) is 5.15 Å². The fourth-order valence-electron chi connectivity index (χ4n) is 2.30. The predicted octanol–water partition coefficient (Wildman–Crippen LogP) is 3.91. The lowest BCUT2D eigenvalue weighted by atomic mass is 10.0. The molecule has 2 aromatic heterocycles. The maximum atomic E-state index is 6.08. The summed E-state index contributed by atoms with van der Waals surface area (Å²) in [7, 11) is 0. The first-order valence-corrected chi connectivity index (χ1v) is 7.02. The summed E-state index contributed by atoms with van der Waals surface area (Å²) < 4.78 is 0. The van der Waals surface area contributed by atoms with Gasteiger partial charge in [0, 0.05) is 17.8 Å². The largest absolute Gasteiger partial charge is 0.252 e. The van der Waals surface area contributed by atoms with Crippen LogP contribution in [0.15, 0.2) is 17.8 Å². The third-order valence-corrected chi connectivity index (χ3v) is 4.10. The molecule has 0 aromatic carbocycles. The summed E-state index contributed by atoms with van der Waals surface area (Å²) in [6.07, 6.45) is 6.81. The van der Waals surface area contributed by atoms with E-state index >= 15 is 0 Å². The lowest BCUT2D eigenvalue weighted by Gasteiger charge is -2.09. The van der Waals surface area contributed by atoms with Crippen molar-refractivity contribution in [3.63, 3.8) is 0 Å². The second-order valence-corrected chi connectivity index (χ2v) is 5.56. The molecule has 3 rings (SSSR count). The highest BCUT2D eigenvalue weighted by molar-refractivity contribution is 7.13. The summed E-state index contributed by atoms with van der Waals surface area (Å²) in [6.45, 7) is 0. The zero-order valence-corrected chi connectivity index (χ0v) is 10.8. The van der Waals surface area contributed by atoms with Crippen molar-refractivity contribution in [2.24, 2.45) is 0 Å². The molecular weight excluding hydrogens is 254 g/mol. The van der Waals surface area contributed by atoms with Crippen LogP contribution in [0, 0.1) is 0 Å². The molecule has 0 N–H and O–H groups in total. The van der Waals surface area contributed by atoms with Gasteiger partial charge >= 0.3 is 0 Å². The first-order chi connectivity index (χ1) is 8.33. The van der Waals surface area contributed by atoms with Crippen LogP contribution in [0.3, 0.4) is 0 Å². The Labute approximate surface area is 109 Å². The summed E-state index contributed by atoms with van der Waals surface area (Å²) in [6, 6.07) is 1.90. The molecule has 0 aliphatic heterocycles. The Morgan fingerprint density at radius 1 is 1.24 bits per heavy atom. The van der Waals surface area contributed by atoms with Crippen LogP contribution in [0.1, 0.15) is 37.3 Å². The number of thiazole rings is 1. The van der Waals surface area contributed by atoms with E-state index in [4.69, 9.17) is 11.6 Å². The molecule has 0 spiro atoms. The smallest absolute Gasteiger partial charge is 0.172 e. The third kappa shape index (κ3) is 2.33. The molecule has 0 unspecified atom stereocenters. The molecule has 2 aromatic rings. The summed E-state index contributed by atoms with van der Waals surface area (Å²) >= 11 is 7.62. The summed E-state index contributed by atoms with van der Waals surface area (Å²) in [5.74, 6) is 1.27. The molecule has 2 heterocycles. The van der Waals surface area contributed by atoms with E-state index in [0.717, 1.165) is 10.6 Å². The molecular formula is C12H12ClN3S. The Bertz CT molecular complexity index is 506. The van der Waals surface area contributed by atoms with Crippen LogP contribution < -0.4 is 0 Å². The molecule has 1 saturated carbocycles. The molecule has 0 saturated heterocycles. The molecule has 17 heavy (non-hydrogen) atoms. The van der Waals surface area contributed by atoms with Crippen LogP contribution in [0.25, 0.3) is 10.7 Å². The quantitative estimate of drug-likeness (QED) is 0.773. The van der Waals surface area contributed by atoms with Crippen molar-refractivity contribution in [3.8, 4) is 10.7 Å². The van der Waals surface area contributed by atoms with Crippen LogP contribution in [0.4, 0.5) is 0 Å². The van der Waals surface area contributed by atoms with Gasteiger partial charge in [0.05, 0.1) is 10.4 Å². The van der Waals surface area contributed by atoms with E-state index in [1.165, 1.54) is 25.7 Å². The zero-order valence-electron chi connectivity index (χ0n) is 9.27. The highest BCUT2D eigenvalue weighted by atomic mass is 35.5. The van der Waals surface area contributed by atoms with Gasteiger partial charge in [0.2, 0.25) is 0 Å². The first kappa shape index (κ1) is 11.1. The minimum Gasteiger partial charge on any atom is -0.252 e. The van der Waals surface area contributed by atoms with E-state index in [9.17, 15) is 0 Å². The van der Waals surface area contributed by atoms with Crippen molar-refractivity contribution in [1.82, 2.24) is 15.0 Å². The van der Waals surface area contributed by atoms with Gasteiger partial charge in [-0.25, -0.2) is 9.97 Å². The molecule has 1 fully saturated rings. The van der Waals surface area contributed by atoms with Crippen LogP contribution in [0.5, 0.6) is 0 Å². The molecule has 0 radical (unpaired) electrons. The van der Waals surface area contributed by atoms with Gasteiger partial charge in [0.15, 0.2) is 5.82 Å². The van der Waals surface area contributed by atoms with E-state index in [2.05, 4.69) is 15.0 Å². The summed E-state index contributed by atoms with van der Waals surface area (Å²) in [5, 5.41) is 0.533. The number of hydrogen-bond acceptors (Lipinski definition) is 4. The van der Waals surface area contributed by atoms with Gasteiger partial charge in [-0.1, -0.05) is 24.4 Å². The monoisotopic (exact) mass is 265 g/mol. The number of aromatic nitrogens is 3. The van der Waals surface area contributed by atoms with Crippen molar-refractivity contribution in [2.45, 2.75) is 31.6 Å². The van der Waals surface area contributed by atoms with Crippen molar-refractivity contribution in [3.05, 3.63) is 28.6 Å². The predicted molar refractivity (Wildman–Crippen MR) is 69.4 cm³/mol. The van der Waals surface area contributed by atoms with Gasteiger partial charge in [-0.05, 0) is 18.9 Å². The van der Waals surface area contributed by atoms with Crippen molar-refractivity contribution < 1.29 is 0 Å². The fraction of sp³-hybridized carbons (Fsp3) is 0.417. The van der Waals surface area contributed by atoms with Gasteiger partial charge in [-0.2, -0.15) is 0 Å². The van der Waals surface area contributed by atoms with Crippen LogP contribution in [-0.2, 0) is 0 Å². The second kappa shape index (κ2) is 4.70. The lowest BCUT2D eigenvalue weighted by molar-refractivity contribution is 0.695. The van der Waals surface area contributed by atoms with Crippen molar-refractivity contribution in [1.29, 1.82) is 0 Å². The first-order valence-electron chi connectivity index (χ1n) is 5.76. The number of nitrogens with zero attached hydrogens (tertiary/aromatic N) is 3. The average molecular weight is 266 g/mol. The maximum absolute atomic E-state index is 6.08. The average Bonchev–Trinajstić information content (AvgIpc) is 3.02. The van der Waals surface area contributed by atoms with Gasteiger partial charge < -0.3 is 0 Å². The van der Waals surface area contributed by atoms with E-state index in [1.54, 1.807) is 23.0 Å². The van der Waals surface area contributed by atoms with E-state index in [1.807, 2.05) is 6.07 Å². The van der Waals surface area contributed by atoms with Gasteiger partial charge in [0.1, 0.15) is 5.15 Å². The molecule has 1 aliphatic rings. The topological polar surface area (TPSA) is 38.7 Å². The van der Waals surface area contributed by atoms with E-state index < -0.39 is 0 Å². The lowest BCUT2D eigenvalue weighted by Crippen LogP contribution is -1.99. The molecule has 88 valence electrons. The Balaban J connectivity index is 2.00. The Morgan fingerprint density at radius 3 is 2.76 bits per heavy atom. The van der Waals surface area contributed by atoms with Gasteiger partial charge in [-0.15, -0.1) is 11.3 Å². The SMILES string of the molecule is Clc1cc(C2CCCC2)nc(-c2cncs2)n1. The highest BCUT2D eigenvalue weighted by Gasteiger charge is 2.20. The second-order valence-electron chi connectivity index (χ2n) is 4.29. The molecule has 3 nitrogen and oxygen atoms in total. The molecule has 0 bridgehead atoms. The van der Waals surface area contributed by atoms with Crippen molar-refractivity contribution in [2.75, 3.05) is 0 Å². The Morgan fingerprint density at radius 2 is 2.06 bits per heavy atom. The van der Waals surface area contributed by atoms with Gasteiger partial charge in [0.25, 0.3) is 0 Å². The van der Waals surface area contributed by atoms with Gasteiger partial charge in [-0.3, -0.25) is 4.98 Å². The number of hydrogen-bond donors (Lipinski definition) is 0. The number of rotatable bonds is 2. The molecule has 5 heteroatoms. The van der Waals surface area contributed by atoms with Crippen LogP contribution in [-0.4, -0.2) is 15.0 Å². The number of halogens is 1. The molecule has 0 atom stereocenters. The summed E-state index contributed by atoms with van der Waals surface area (Å²) in [5.41, 5.74) is 2.88. The Kier molecular flexibility index (Phi) is 3.07. The zero-order chi connectivity index (χ0) is 11.7. The van der Waals surface area contributed by atoms with Crippen LogP contribution >= 0.6 is 22.9 Å². The van der Waals surface area contributed by atoms with E-state index in [0.29, 0.717) is 16.9 Å². The van der Waals surface area contributed by atoms with Crippen molar-refractivity contribution >= 4 is 22.9 Å². The molecule has 1 aliphatic carbocycles. The minimum absolute atomic E-state index is 0.533. The highest BCUT2D eigenvalue weighted by Crippen LogP contribution is 2.34. The molecule has 0 amide bonds. The summed E-state index contributed by atoms with van der Waals surface area (Å²) in [4.78, 5) is 13.9. The van der Waals surface area contributed by atoms with E-state index in [-0.39, 0.29) is 0 Å². The fourth-order valence-corrected chi connectivity index (χ4v) is 3.05. The normalized spacial score (nSPS) is 16.5. The third-order valence-electron chi connectivity index (χ3n) is 3.14. The maximum Gasteiger partial charge on any atom is 0.172 e. The standard InChI is InChI=1S/C12H12ClN3S/c13-11-5-9(8-3-1-2-4-8)15-12(16-11)10-6-14-7-17-10/h5-8H,1-4H2.